The molecule has 0 aromatic heterocycles. The number of nitrogens with one attached hydrogen (secondary N) is 3. The monoisotopic (exact) mass is 493 g/mol. The Morgan fingerprint density at radius 3 is 2.27 bits per heavy atom. The smallest absolute Gasteiger partial charge is 0.416 e. The standard InChI is InChI=1S/C19H22F3N3O7S/c1-8(27)23-14-11(6-13(17(30)31)32-16(14)15(29)12(28)7-26)25-18(33)24-10-4-2-9(3-5-10)19(20,21)22/h2-6,11-12,14-16,26,28-29H,7H2,1H3,(H,23,27)(H,30,31)(H2,24,25,33)/t11-,12+,14+,15+,16+/m0/s1. The highest BCUT2D eigenvalue weighted by Gasteiger charge is 2.43. The first-order valence-electron chi connectivity index (χ1n) is 9.44. The number of aliphatic hydroxyl groups excluding tert-OH is 3. The van der Waals surface area contributed by atoms with E-state index in [1.165, 1.54) is 0 Å². The molecule has 1 aliphatic rings. The second-order valence-corrected chi connectivity index (χ2v) is 7.49. The quantitative estimate of drug-likeness (QED) is 0.257. The normalized spacial score (nSPS) is 22.3. The van der Waals surface area contributed by atoms with E-state index >= 15 is 0 Å². The van der Waals surface area contributed by atoms with Crippen molar-refractivity contribution in [2.45, 2.75) is 43.5 Å². The lowest BCUT2D eigenvalue weighted by Crippen LogP contribution is -2.63. The largest absolute Gasteiger partial charge is 0.478 e. The van der Waals surface area contributed by atoms with Gasteiger partial charge in [-0.05, 0) is 42.6 Å². The van der Waals surface area contributed by atoms with Crippen LogP contribution in [0.1, 0.15) is 12.5 Å². The number of aliphatic hydroxyl groups is 3. The van der Waals surface area contributed by atoms with E-state index in [-0.39, 0.29) is 10.8 Å². The fourth-order valence-corrected chi connectivity index (χ4v) is 3.31. The van der Waals surface area contributed by atoms with Gasteiger partial charge in [-0.2, -0.15) is 13.2 Å². The molecule has 7 N–H and O–H groups in total. The van der Waals surface area contributed by atoms with E-state index in [4.69, 9.17) is 22.1 Å². The Bertz CT molecular complexity index is 911. The van der Waals surface area contributed by atoms with Crippen molar-refractivity contribution in [3.63, 3.8) is 0 Å². The Hall–Kier alpha value is -2.94. The van der Waals surface area contributed by atoms with Crippen LogP contribution in [0.2, 0.25) is 0 Å². The molecular formula is C19H22F3N3O7S. The fraction of sp³-hybridized carbons (Fsp3) is 0.421. The van der Waals surface area contributed by atoms with Crippen molar-refractivity contribution in [3.8, 4) is 0 Å². The molecule has 1 aliphatic heterocycles. The molecule has 2 rings (SSSR count). The minimum atomic E-state index is -4.52. The van der Waals surface area contributed by atoms with Gasteiger partial charge in [0.05, 0.1) is 24.3 Å². The van der Waals surface area contributed by atoms with Crippen molar-refractivity contribution >= 4 is 34.9 Å². The van der Waals surface area contributed by atoms with Crippen LogP contribution in [0.15, 0.2) is 36.1 Å². The maximum atomic E-state index is 12.7. The zero-order valence-electron chi connectivity index (χ0n) is 17.0. The molecule has 1 aromatic rings. The number of aliphatic carboxylic acids is 1. The van der Waals surface area contributed by atoms with Gasteiger partial charge in [0, 0.05) is 12.6 Å². The molecule has 1 heterocycles. The van der Waals surface area contributed by atoms with Crippen molar-refractivity contribution in [1.29, 1.82) is 0 Å². The Morgan fingerprint density at radius 1 is 1.18 bits per heavy atom. The number of carboxylic acids is 1. The summed E-state index contributed by atoms with van der Waals surface area (Å²) in [5.41, 5.74) is -0.672. The van der Waals surface area contributed by atoms with Gasteiger partial charge in [0.2, 0.25) is 11.7 Å². The van der Waals surface area contributed by atoms with Gasteiger partial charge in [-0.15, -0.1) is 0 Å². The van der Waals surface area contributed by atoms with E-state index in [1.54, 1.807) is 0 Å². The van der Waals surface area contributed by atoms with Gasteiger partial charge in [0.1, 0.15) is 18.3 Å². The average molecular weight is 493 g/mol. The third kappa shape index (κ3) is 7.02. The molecule has 0 saturated carbocycles. The first-order valence-corrected chi connectivity index (χ1v) is 9.85. The number of thiocarbonyl (C=S) groups is 1. The molecule has 182 valence electrons. The number of hydrogen-bond donors (Lipinski definition) is 7. The van der Waals surface area contributed by atoms with E-state index in [1.807, 2.05) is 0 Å². The second kappa shape index (κ2) is 10.8. The highest BCUT2D eigenvalue weighted by molar-refractivity contribution is 7.80. The molecule has 0 aliphatic carbocycles. The third-order valence-corrected chi connectivity index (χ3v) is 4.82. The molecule has 5 atom stereocenters. The van der Waals surface area contributed by atoms with Gasteiger partial charge >= 0.3 is 12.1 Å². The first-order chi connectivity index (χ1) is 15.3. The molecule has 0 saturated heterocycles. The minimum absolute atomic E-state index is 0.144. The second-order valence-electron chi connectivity index (χ2n) is 7.08. The summed E-state index contributed by atoms with van der Waals surface area (Å²) in [5, 5.41) is 46.2. The summed E-state index contributed by atoms with van der Waals surface area (Å²) in [4.78, 5) is 23.2. The molecule has 0 radical (unpaired) electrons. The molecule has 1 amide bonds. The molecule has 0 fully saturated rings. The number of carboxylic acid groups (broad SMARTS) is 1. The molecular weight excluding hydrogens is 471 g/mol. The van der Waals surface area contributed by atoms with Crippen LogP contribution in [0.4, 0.5) is 18.9 Å². The SMILES string of the molecule is CC(=O)N[C@H]1[C@H]([C@H](O)[C@H](O)CO)OC(C(=O)O)=C[C@@H]1NC(=S)Nc1ccc(C(F)(F)F)cc1. The van der Waals surface area contributed by atoms with E-state index in [2.05, 4.69) is 16.0 Å². The molecule has 1 aromatic carbocycles. The molecule has 10 nitrogen and oxygen atoms in total. The van der Waals surface area contributed by atoms with Crippen molar-refractivity contribution in [2.24, 2.45) is 0 Å². The van der Waals surface area contributed by atoms with Crippen molar-refractivity contribution in [1.82, 2.24) is 10.6 Å². The topological polar surface area (TPSA) is 160 Å². The number of carbonyl (C=O) groups is 2. The zero-order chi connectivity index (χ0) is 24.9. The number of anilines is 1. The molecule has 0 bridgehead atoms. The van der Waals surface area contributed by atoms with Crippen molar-refractivity contribution in [2.75, 3.05) is 11.9 Å². The predicted octanol–water partition coefficient (Wildman–Crippen LogP) is -0.0535. The van der Waals surface area contributed by atoms with Crippen LogP contribution in [0.3, 0.4) is 0 Å². The van der Waals surface area contributed by atoms with Gasteiger partial charge in [-0.3, -0.25) is 4.79 Å². The maximum Gasteiger partial charge on any atom is 0.416 e. The van der Waals surface area contributed by atoms with Gasteiger partial charge in [0.25, 0.3) is 0 Å². The van der Waals surface area contributed by atoms with Crippen molar-refractivity contribution in [3.05, 3.63) is 41.7 Å². The first kappa shape index (κ1) is 26.3. The summed E-state index contributed by atoms with van der Waals surface area (Å²) < 4.78 is 43.4. The lowest BCUT2D eigenvalue weighted by molar-refractivity contribution is -0.146. The number of ether oxygens (including phenoxy) is 1. The highest BCUT2D eigenvalue weighted by atomic mass is 32.1. The van der Waals surface area contributed by atoms with Crippen LogP contribution in [-0.2, 0) is 20.5 Å². The maximum absolute atomic E-state index is 12.7. The summed E-state index contributed by atoms with van der Waals surface area (Å²) in [6.45, 7) is 0.282. The van der Waals surface area contributed by atoms with Crippen LogP contribution >= 0.6 is 12.2 Å². The Balaban J connectivity index is 2.27. The number of carbonyl (C=O) groups excluding carboxylic acids is 1. The number of hydrogen-bond acceptors (Lipinski definition) is 7. The molecule has 33 heavy (non-hydrogen) atoms. The van der Waals surface area contributed by atoms with Crippen LogP contribution in [0, 0.1) is 0 Å². The van der Waals surface area contributed by atoms with Crippen LogP contribution in [0.5, 0.6) is 0 Å². The van der Waals surface area contributed by atoms with Gasteiger partial charge in [-0.1, -0.05) is 0 Å². The van der Waals surface area contributed by atoms with Crippen LogP contribution in [-0.4, -0.2) is 74.4 Å². The summed E-state index contributed by atoms with van der Waals surface area (Å²) in [5.74, 6) is -2.72. The summed E-state index contributed by atoms with van der Waals surface area (Å²) in [6, 6.07) is 1.70. The Morgan fingerprint density at radius 2 is 1.79 bits per heavy atom. The molecule has 14 heteroatoms. The van der Waals surface area contributed by atoms with Gasteiger partial charge in [0.15, 0.2) is 5.11 Å². The number of amides is 1. The minimum Gasteiger partial charge on any atom is -0.478 e. The predicted molar refractivity (Wildman–Crippen MR) is 112 cm³/mol. The average Bonchev–Trinajstić information content (AvgIpc) is 2.72. The van der Waals surface area contributed by atoms with E-state index in [0.717, 1.165) is 37.3 Å². The number of benzene rings is 1. The van der Waals surface area contributed by atoms with E-state index in [9.17, 15) is 38.1 Å². The number of alkyl halides is 3. The number of halogens is 3. The lowest BCUT2D eigenvalue weighted by Gasteiger charge is -2.40. The molecule has 0 unspecified atom stereocenters. The van der Waals surface area contributed by atoms with Gasteiger partial charge < -0.3 is 41.1 Å². The van der Waals surface area contributed by atoms with Crippen LogP contribution < -0.4 is 16.0 Å². The number of rotatable bonds is 7. The summed E-state index contributed by atoms with van der Waals surface area (Å²) >= 11 is 5.15. The highest BCUT2D eigenvalue weighted by Crippen LogP contribution is 2.30. The third-order valence-electron chi connectivity index (χ3n) is 4.60. The lowest BCUT2D eigenvalue weighted by atomic mass is 9.92. The Labute approximate surface area is 191 Å². The fourth-order valence-electron chi connectivity index (χ4n) is 3.06. The molecule has 0 spiro atoms. The zero-order valence-corrected chi connectivity index (χ0v) is 17.9. The summed E-state index contributed by atoms with van der Waals surface area (Å²) in [7, 11) is 0. The van der Waals surface area contributed by atoms with E-state index < -0.39 is 66.4 Å². The van der Waals surface area contributed by atoms with E-state index in [0.29, 0.717) is 0 Å². The summed E-state index contributed by atoms with van der Waals surface area (Å²) in [6.07, 6.45) is -8.46. The van der Waals surface area contributed by atoms with Gasteiger partial charge in [-0.25, -0.2) is 4.79 Å². The van der Waals surface area contributed by atoms with Crippen LogP contribution in [0.25, 0.3) is 0 Å². The Kier molecular flexibility index (Phi) is 8.60. The van der Waals surface area contributed by atoms with Crippen molar-refractivity contribution < 1.29 is 47.9 Å².